The Morgan fingerprint density at radius 1 is 0.395 bits per heavy atom. The number of hydrogen-bond donors (Lipinski definition) is 0. The zero-order chi connectivity index (χ0) is 27.9. The van der Waals surface area contributed by atoms with Crippen LogP contribution in [-0.4, -0.2) is 19.9 Å². The van der Waals surface area contributed by atoms with Gasteiger partial charge in [0.25, 0.3) is 0 Å². The van der Waals surface area contributed by atoms with Crippen LogP contribution in [-0.2, 0) is 19.5 Å². The zero-order valence-corrected chi connectivity index (χ0v) is 26.1. The largest absolute Gasteiger partial charge is 2.00 e. The summed E-state index contributed by atoms with van der Waals surface area (Å²) in [7, 11) is 0. The maximum absolute atomic E-state index is 5.01. The Bertz CT molecular complexity index is 2010. The third-order valence-corrected chi connectivity index (χ3v) is 7.43. The fourth-order valence-corrected chi connectivity index (χ4v) is 5.42. The molecule has 0 amide bonds. The van der Waals surface area contributed by atoms with Gasteiger partial charge in [-0.25, -0.2) is 9.97 Å². The Hall–Kier alpha value is -5.26. The molecule has 8 rings (SSSR count). The minimum atomic E-state index is 0. The molecule has 8 aromatic rings. The van der Waals surface area contributed by atoms with E-state index in [4.69, 9.17) is 19.9 Å². The van der Waals surface area contributed by atoms with Crippen molar-refractivity contribution in [1.82, 2.24) is 29.9 Å². The van der Waals surface area contributed by atoms with Crippen LogP contribution < -0.4 is 9.97 Å². The average Bonchev–Trinajstić information content (AvgIpc) is 3.70. The number of para-hydroxylation sites is 2. The Morgan fingerprint density at radius 3 is 1.21 bits per heavy atom. The molecule has 0 aliphatic heterocycles. The summed E-state index contributed by atoms with van der Waals surface area (Å²) in [5.74, 6) is 0. The van der Waals surface area contributed by atoms with Crippen molar-refractivity contribution < 1.29 is 19.5 Å². The van der Waals surface area contributed by atoms with Gasteiger partial charge in [0.15, 0.2) is 0 Å². The predicted octanol–water partition coefficient (Wildman–Crippen LogP) is 7.82. The SMILES string of the molecule is [Zn+2].c1ccc(-c2ccccc2-c2cncc(-c3cc4ccccc4[n-]3)n2)c(-c2cncc(-c3cc4ccccc4[n-]3)n2)c1. The second-order valence-corrected chi connectivity index (χ2v) is 10.1. The molecule has 0 unspecified atom stereocenters. The molecule has 0 bridgehead atoms. The first-order chi connectivity index (χ1) is 20.8. The van der Waals surface area contributed by atoms with Crippen molar-refractivity contribution in [1.29, 1.82) is 0 Å². The number of fused-ring (bicyclic) bond motifs is 2. The molecule has 0 aliphatic carbocycles. The molecule has 43 heavy (non-hydrogen) atoms. The van der Waals surface area contributed by atoms with Gasteiger partial charge in [-0.3, -0.25) is 9.97 Å². The van der Waals surface area contributed by atoms with Gasteiger partial charge >= 0.3 is 19.5 Å². The van der Waals surface area contributed by atoms with E-state index >= 15 is 0 Å². The summed E-state index contributed by atoms with van der Waals surface area (Å²) in [6, 6.07) is 36.8. The van der Waals surface area contributed by atoms with E-state index in [0.29, 0.717) is 0 Å². The van der Waals surface area contributed by atoms with Crippen LogP contribution in [0.1, 0.15) is 0 Å². The van der Waals surface area contributed by atoms with E-state index in [9.17, 15) is 0 Å². The fourth-order valence-electron chi connectivity index (χ4n) is 5.42. The van der Waals surface area contributed by atoms with Crippen molar-refractivity contribution in [3.8, 4) is 56.4 Å². The predicted molar refractivity (Wildman–Crippen MR) is 166 cm³/mol. The summed E-state index contributed by atoms with van der Waals surface area (Å²) in [5, 5.41) is 2.17. The molecule has 4 aromatic carbocycles. The van der Waals surface area contributed by atoms with Crippen LogP contribution in [0.3, 0.4) is 0 Å². The van der Waals surface area contributed by atoms with E-state index in [1.165, 1.54) is 0 Å². The second kappa shape index (κ2) is 11.2. The van der Waals surface area contributed by atoms with E-state index in [1.54, 1.807) is 24.8 Å². The van der Waals surface area contributed by atoms with Crippen molar-refractivity contribution in [3.63, 3.8) is 0 Å². The first-order valence-electron chi connectivity index (χ1n) is 13.7. The minimum Gasteiger partial charge on any atom is -0.656 e. The van der Waals surface area contributed by atoms with E-state index < -0.39 is 0 Å². The summed E-state index contributed by atoms with van der Waals surface area (Å²) in [6.45, 7) is 0. The van der Waals surface area contributed by atoms with Gasteiger partial charge in [0.05, 0.1) is 47.6 Å². The van der Waals surface area contributed by atoms with Crippen LogP contribution in [0.25, 0.3) is 78.2 Å². The number of aromatic nitrogens is 6. The molecular formula is C36H22N6Zn. The van der Waals surface area contributed by atoms with Crippen molar-refractivity contribution in [2.24, 2.45) is 0 Å². The van der Waals surface area contributed by atoms with Gasteiger partial charge in [-0.1, -0.05) is 109 Å². The monoisotopic (exact) mass is 602 g/mol. The zero-order valence-electron chi connectivity index (χ0n) is 23.1. The summed E-state index contributed by atoms with van der Waals surface area (Å²) in [4.78, 5) is 28.7. The fraction of sp³-hybridized carbons (Fsp3) is 0. The van der Waals surface area contributed by atoms with Crippen LogP contribution in [0, 0.1) is 0 Å². The Morgan fingerprint density at radius 2 is 0.767 bits per heavy atom. The van der Waals surface area contributed by atoms with E-state index in [2.05, 4.69) is 58.5 Å². The van der Waals surface area contributed by atoms with Gasteiger partial charge < -0.3 is 9.97 Å². The number of nitrogens with zero attached hydrogens (tertiary/aromatic N) is 6. The third kappa shape index (κ3) is 4.94. The number of rotatable bonds is 5. The smallest absolute Gasteiger partial charge is 0.656 e. The molecule has 0 N–H and O–H groups in total. The van der Waals surface area contributed by atoms with Gasteiger partial charge in [0, 0.05) is 11.1 Å². The minimum absolute atomic E-state index is 0. The Kier molecular flexibility index (Phi) is 6.94. The van der Waals surface area contributed by atoms with Crippen molar-refractivity contribution in [2.75, 3.05) is 0 Å². The first kappa shape index (κ1) is 26.6. The molecule has 0 fully saturated rings. The molecule has 4 heterocycles. The quantitative estimate of drug-likeness (QED) is 0.187. The molecule has 0 spiro atoms. The third-order valence-electron chi connectivity index (χ3n) is 7.43. The average molecular weight is 604 g/mol. The normalized spacial score (nSPS) is 11.1. The maximum atomic E-state index is 5.01. The van der Waals surface area contributed by atoms with Crippen molar-refractivity contribution >= 4 is 21.8 Å². The van der Waals surface area contributed by atoms with E-state index in [-0.39, 0.29) is 19.5 Å². The van der Waals surface area contributed by atoms with Crippen LogP contribution in [0.5, 0.6) is 0 Å². The van der Waals surface area contributed by atoms with Gasteiger partial charge in [0.1, 0.15) is 0 Å². The van der Waals surface area contributed by atoms with Gasteiger partial charge in [-0.05, 0) is 21.9 Å². The molecule has 0 atom stereocenters. The molecule has 7 heteroatoms. The summed E-state index contributed by atoms with van der Waals surface area (Å²) in [5.41, 5.74) is 10.6. The molecule has 0 radical (unpaired) electrons. The van der Waals surface area contributed by atoms with Crippen LogP contribution in [0.15, 0.2) is 134 Å². The molecule has 0 saturated carbocycles. The molecule has 198 valence electrons. The molecule has 0 aliphatic rings. The first-order valence-corrected chi connectivity index (χ1v) is 13.7. The second-order valence-electron chi connectivity index (χ2n) is 10.1. The van der Waals surface area contributed by atoms with E-state index in [1.807, 2.05) is 60.7 Å². The molecule has 4 aromatic heterocycles. The number of benzene rings is 4. The Balaban J connectivity index is 0.00000300. The van der Waals surface area contributed by atoms with Crippen LogP contribution in [0.2, 0.25) is 0 Å². The van der Waals surface area contributed by atoms with Crippen molar-refractivity contribution in [2.45, 2.75) is 0 Å². The summed E-state index contributed by atoms with van der Waals surface area (Å²) >= 11 is 0. The molecular weight excluding hydrogens is 582 g/mol. The topological polar surface area (TPSA) is 79.8 Å². The summed E-state index contributed by atoms with van der Waals surface area (Å²) in [6.07, 6.45) is 7.15. The van der Waals surface area contributed by atoms with Crippen LogP contribution in [0.4, 0.5) is 0 Å². The standard InChI is InChI=1S/C36H22N6.Zn/c1-7-15-29-23(9-1)17-31(39-29)35-21-37-19-33(41-35)27-13-5-3-11-25(27)26-12-4-6-14-28(26)34-20-38-22-36(42-34)32-18-24-10-2-8-16-30(24)40-32;/h1-22H;/q-2;+2. The Labute approximate surface area is 260 Å². The van der Waals surface area contributed by atoms with Gasteiger partial charge in [0.2, 0.25) is 0 Å². The van der Waals surface area contributed by atoms with Gasteiger partial charge in [-0.15, -0.1) is 22.4 Å². The molecule has 0 saturated heterocycles. The van der Waals surface area contributed by atoms with Crippen LogP contribution >= 0.6 is 0 Å². The molecule has 6 nitrogen and oxygen atoms in total. The number of hydrogen-bond acceptors (Lipinski definition) is 4. The van der Waals surface area contributed by atoms with Gasteiger partial charge in [-0.2, -0.15) is 0 Å². The van der Waals surface area contributed by atoms with E-state index in [0.717, 1.165) is 78.2 Å². The van der Waals surface area contributed by atoms with Crippen molar-refractivity contribution in [3.05, 3.63) is 134 Å². The maximum Gasteiger partial charge on any atom is 2.00 e. The summed E-state index contributed by atoms with van der Waals surface area (Å²) < 4.78 is 0.